The molecule has 3 rings (SSSR count). The van der Waals surface area contributed by atoms with Gasteiger partial charge in [-0.15, -0.1) is 0 Å². The predicted molar refractivity (Wildman–Crippen MR) is 78.6 cm³/mol. The lowest BCUT2D eigenvalue weighted by Crippen LogP contribution is -2.41. The van der Waals surface area contributed by atoms with Gasteiger partial charge in [0.05, 0.1) is 0 Å². The van der Waals surface area contributed by atoms with E-state index in [-0.39, 0.29) is 0 Å². The van der Waals surface area contributed by atoms with Gasteiger partial charge in [0.15, 0.2) is 0 Å². The Bertz CT molecular complexity index is 233. The molecule has 0 unspecified atom stereocenters. The summed E-state index contributed by atoms with van der Waals surface area (Å²) in [5, 5.41) is 0. The van der Waals surface area contributed by atoms with Crippen molar-refractivity contribution in [3.8, 4) is 0 Å². The SMILES string of the molecule is CC(C1CCCCC1)(C1CCCC1)C1CCCC1. The molecule has 0 aromatic carbocycles. The van der Waals surface area contributed by atoms with Crippen molar-refractivity contribution in [2.24, 2.45) is 23.2 Å². The lowest BCUT2D eigenvalue weighted by atomic mass is 9.56. The van der Waals surface area contributed by atoms with Gasteiger partial charge < -0.3 is 0 Å². The van der Waals surface area contributed by atoms with E-state index >= 15 is 0 Å². The van der Waals surface area contributed by atoms with E-state index in [1.54, 1.807) is 38.5 Å². The van der Waals surface area contributed by atoms with Gasteiger partial charge in [-0.1, -0.05) is 51.9 Å². The van der Waals surface area contributed by atoms with Crippen LogP contribution in [0.25, 0.3) is 0 Å². The van der Waals surface area contributed by atoms with Crippen molar-refractivity contribution < 1.29 is 0 Å². The van der Waals surface area contributed by atoms with Gasteiger partial charge in [-0.25, -0.2) is 0 Å². The molecule has 0 atom stereocenters. The third-order valence-corrected chi connectivity index (χ3v) is 6.95. The molecule has 0 spiro atoms. The van der Waals surface area contributed by atoms with Gasteiger partial charge in [0, 0.05) is 0 Å². The summed E-state index contributed by atoms with van der Waals surface area (Å²) in [5.41, 5.74) is 0.730. The fourth-order valence-electron chi connectivity index (χ4n) is 5.82. The molecule has 3 aliphatic rings. The summed E-state index contributed by atoms with van der Waals surface area (Å²) in [4.78, 5) is 0. The molecule has 3 saturated carbocycles. The smallest absolute Gasteiger partial charge is 0.0241 e. The molecule has 0 heteroatoms. The van der Waals surface area contributed by atoms with E-state index in [1.165, 1.54) is 44.9 Å². The number of hydrogen-bond donors (Lipinski definition) is 0. The van der Waals surface area contributed by atoms with Crippen LogP contribution in [-0.4, -0.2) is 0 Å². The highest BCUT2D eigenvalue weighted by molar-refractivity contribution is 4.97. The standard InChI is InChI=1S/C18H32/c1-18(16-11-5-6-12-16,17-13-7-8-14-17)15-9-3-2-4-10-15/h15-17H,2-14H2,1H3. The maximum atomic E-state index is 2.73. The number of hydrogen-bond acceptors (Lipinski definition) is 0. The van der Waals surface area contributed by atoms with Crippen LogP contribution >= 0.6 is 0 Å². The average Bonchev–Trinajstić information content (AvgIpc) is 3.12. The first-order chi connectivity index (χ1) is 8.82. The van der Waals surface area contributed by atoms with Crippen molar-refractivity contribution >= 4 is 0 Å². The fourth-order valence-corrected chi connectivity index (χ4v) is 5.82. The van der Waals surface area contributed by atoms with E-state index in [1.807, 2.05) is 0 Å². The van der Waals surface area contributed by atoms with Gasteiger partial charge >= 0.3 is 0 Å². The third kappa shape index (κ3) is 2.25. The lowest BCUT2D eigenvalue weighted by Gasteiger charge is -2.49. The van der Waals surface area contributed by atoms with Gasteiger partial charge in [0.25, 0.3) is 0 Å². The molecule has 0 aromatic heterocycles. The van der Waals surface area contributed by atoms with E-state index < -0.39 is 0 Å². The van der Waals surface area contributed by atoms with Gasteiger partial charge in [-0.2, -0.15) is 0 Å². The molecule has 3 fully saturated rings. The maximum absolute atomic E-state index is 2.73. The van der Waals surface area contributed by atoms with Crippen molar-refractivity contribution in [3.63, 3.8) is 0 Å². The van der Waals surface area contributed by atoms with Crippen LogP contribution in [-0.2, 0) is 0 Å². The van der Waals surface area contributed by atoms with Crippen LogP contribution in [0.1, 0.15) is 90.4 Å². The molecule has 0 nitrogen and oxygen atoms in total. The summed E-state index contributed by atoms with van der Waals surface area (Å²) in [6, 6.07) is 0. The topological polar surface area (TPSA) is 0 Å². The Morgan fingerprint density at radius 2 is 0.778 bits per heavy atom. The van der Waals surface area contributed by atoms with Crippen LogP contribution in [0.2, 0.25) is 0 Å². The fraction of sp³-hybridized carbons (Fsp3) is 1.00. The summed E-state index contributed by atoms with van der Waals surface area (Å²) in [5.74, 6) is 3.25. The predicted octanol–water partition coefficient (Wildman–Crippen LogP) is 5.95. The van der Waals surface area contributed by atoms with Crippen LogP contribution in [0.5, 0.6) is 0 Å². The molecule has 0 N–H and O–H groups in total. The minimum atomic E-state index is 0.730. The van der Waals surface area contributed by atoms with Crippen LogP contribution in [0.15, 0.2) is 0 Å². The van der Waals surface area contributed by atoms with E-state index in [9.17, 15) is 0 Å². The Balaban J connectivity index is 1.80. The first-order valence-corrected chi connectivity index (χ1v) is 8.82. The highest BCUT2D eigenvalue weighted by Gasteiger charge is 2.47. The van der Waals surface area contributed by atoms with Crippen LogP contribution in [0.3, 0.4) is 0 Å². The molecule has 0 amide bonds. The minimum absolute atomic E-state index is 0.730. The molecule has 0 saturated heterocycles. The van der Waals surface area contributed by atoms with E-state index in [4.69, 9.17) is 0 Å². The molecule has 0 radical (unpaired) electrons. The van der Waals surface area contributed by atoms with Crippen LogP contribution in [0, 0.1) is 23.2 Å². The highest BCUT2D eigenvalue weighted by atomic mass is 14.5. The molecular formula is C18H32. The molecule has 0 bridgehead atoms. The first-order valence-electron chi connectivity index (χ1n) is 8.82. The van der Waals surface area contributed by atoms with Gasteiger partial charge in [0.1, 0.15) is 0 Å². The Morgan fingerprint density at radius 3 is 1.11 bits per heavy atom. The quantitative estimate of drug-likeness (QED) is 0.578. The molecule has 3 aliphatic carbocycles. The first kappa shape index (κ1) is 13.0. The lowest BCUT2D eigenvalue weighted by molar-refractivity contribution is 0.00368. The zero-order chi connectivity index (χ0) is 12.4. The van der Waals surface area contributed by atoms with Gasteiger partial charge in [-0.3, -0.25) is 0 Å². The Kier molecular flexibility index (Phi) is 4.01. The van der Waals surface area contributed by atoms with E-state index in [2.05, 4.69) is 6.92 Å². The zero-order valence-electron chi connectivity index (χ0n) is 12.4. The number of rotatable bonds is 3. The summed E-state index contributed by atoms with van der Waals surface area (Å²) < 4.78 is 0. The molecule has 0 aliphatic heterocycles. The second-order valence-corrected chi connectivity index (χ2v) is 7.66. The molecule has 0 heterocycles. The molecule has 0 aromatic rings. The van der Waals surface area contributed by atoms with E-state index in [0.717, 1.165) is 23.2 Å². The average molecular weight is 248 g/mol. The Morgan fingerprint density at radius 1 is 0.500 bits per heavy atom. The summed E-state index contributed by atoms with van der Waals surface area (Å²) in [6.45, 7) is 2.73. The Hall–Kier alpha value is 0. The summed E-state index contributed by atoms with van der Waals surface area (Å²) >= 11 is 0. The Labute approximate surface area is 114 Å². The third-order valence-electron chi connectivity index (χ3n) is 6.95. The van der Waals surface area contributed by atoms with Crippen molar-refractivity contribution in [3.05, 3.63) is 0 Å². The maximum Gasteiger partial charge on any atom is -0.0241 e. The highest BCUT2D eigenvalue weighted by Crippen LogP contribution is 2.57. The largest absolute Gasteiger partial charge is 0.0588 e. The van der Waals surface area contributed by atoms with E-state index in [0.29, 0.717) is 0 Å². The van der Waals surface area contributed by atoms with Crippen molar-refractivity contribution in [2.75, 3.05) is 0 Å². The molecule has 18 heavy (non-hydrogen) atoms. The minimum Gasteiger partial charge on any atom is -0.0588 e. The van der Waals surface area contributed by atoms with Crippen LogP contribution < -0.4 is 0 Å². The normalized spacial score (nSPS) is 29.2. The monoisotopic (exact) mass is 248 g/mol. The summed E-state index contributed by atoms with van der Waals surface area (Å²) in [6.07, 6.45) is 20.0. The van der Waals surface area contributed by atoms with Crippen molar-refractivity contribution in [2.45, 2.75) is 90.4 Å². The second kappa shape index (κ2) is 5.55. The zero-order valence-corrected chi connectivity index (χ0v) is 12.4. The molecule has 104 valence electrons. The molecular weight excluding hydrogens is 216 g/mol. The summed E-state index contributed by atoms with van der Waals surface area (Å²) in [7, 11) is 0. The van der Waals surface area contributed by atoms with Crippen LogP contribution in [0.4, 0.5) is 0 Å². The van der Waals surface area contributed by atoms with Gasteiger partial charge in [0.2, 0.25) is 0 Å². The second-order valence-electron chi connectivity index (χ2n) is 7.66. The van der Waals surface area contributed by atoms with Crippen molar-refractivity contribution in [1.29, 1.82) is 0 Å². The van der Waals surface area contributed by atoms with Crippen molar-refractivity contribution in [1.82, 2.24) is 0 Å². The van der Waals surface area contributed by atoms with Gasteiger partial charge in [-0.05, 0) is 61.7 Å².